The molecule has 0 saturated carbocycles. The standard InChI is InChI=1S/C16H20O4/c1-5-9-20-14-8-7-13(11-15(14)18-4)12(3)10-16(17)19-6-2/h1,7-8,11-12H,6,9-10H2,2-4H3. The van der Waals surface area contributed by atoms with Gasteiger partial charge in [-0.15, -0.1) is 6.42 Å². The van der Waals surface area contributed by atoms with Crippen molar-refractivity contribution in [3.63, 3.8) is 0 Å². The number of methoxy groups -OCH3 is 1. The van der Waals surface area contributed by atoms with E-state index in [1.54, 1.807) is 20.1 Å². The SMILES string of the molecule is C#CCOc1ccc(C(C)CC(=O)OCC)cc1OC. The van der Waals surface area contributed by atoms with E-state index in [2.05, 4.69) is 5.92 Å². The first-order valence-corrected chi connectivity index (χ1v) is 6.52. The Balaban J connectivity index is 2.81. The second-order valence-corrected chi connectivity index (χ2v) is 4.31. The first kappa shape index (κ1) is 15.9. The smallest absolute Gasteiger partial charge is 0.306 e. The van der Waals surface area contributed by atoms with Gasteiger partial charge in [0.1, 0.15) is 6.61 Å². The summed E-state index contributed by atoms with van der Waals surface area (Å²) in [5, 5.41) is 0. The van der Waals surface area contributed by atoms with Crippen molar-refractivity contribution >= 4 is 5.97 Å². The largest absolute Gasteiger partial charge is 0.493 e. The fraction of sp³-hybridized carbons (Fsp3) is 0.438. The quantitative estimate of drug-likeness (QED) is 0.567. The Morgan fingerprint density at radius 1 is 1.40 bits per heavy atom. The molecule has 0 amide bonds. The highest BCUT2D eigenvalue weighted by Gasteiger charge is 2.14. The summed E-state index contributed by atoms with van der Waals surface area (Å²) in [7, 11) is 1.57. The topological polar surface area (TPSA) is 44.8 Å². The van der Waals surface area contributed by atoms with E-state index in [-0.39, 0.29) is 18.5 Å². The van der Waals surface area contributed by atoms with Gasteiger partial charge in [0.2, 0.25) is 0 Å². The van der Waals surface area contributed by atoms with Crippen molar-refractivity contribution < 1.29 is 19.0 Å². The fourth-order valence-electron chi connectivity index (χ4n) is 1.82. The van der Waals surface area contributed by atoms with Crippen LogP contribution in [0.4, 0.5) is 0 Å². The fourth-order valence-corrected chi connectivity index (χ4v) is 1.82. The summed E-state index contributed by atoms with van der Waals surface area (Å²) >= 11 is 0. The maximum absolute atomic E-state index is 11.5. The van der Waals surface area contributed by atoms with Crippen LogP contribution in [0.25, 0.3) is 0 Å². The number of hydrogen-bond acceptors (Lipinski definition) is 4. The molecular formula is C16H20O4. The summed E-state index contributed by atoms with van der Waals surface area (Å²) in [6.07, 6.45) is 5.50. The third kappa shape index (κ3) is 4.51. The molecule has 0 N–H and O–H groups in total. The van der Waals surface area contributed by atoms with Crippen LogP contribution in [0.5, 0.6) is 11.5 Å². The normalized spacial score (nSPS) is 11.3. The number of terminal acetylenes is 1. The lowest BCUT2D eigenvalue weighted by Crippen LogP contribution is -2.08. The van der Waals surface area contributed by atoms with Gasteiger partial charge in [0.15, 0.2) is 11.5 Å². The molecule has 4 heteroatoms. The number of carbonyl (C=O) groups is 1. The molecule has 0 heterocycles. The Labute approximate surface area is 120 Å². The number of rotatable bonds is 7. The van der Waals surface area contributed by atoms with Crippen LogP contribution in [-0.2, 0) is 9.53 Å². The van der Waals surface area contributed by atoms with E-state index in [0.29, 0.717) is 24.5 Å². The van der Waals surface area contributed by atoms with Crippen molar-refractivity contribution in [1.82, 2.24) is 0 Å². The van der Waals surface area contributed by atoms with E-state index < -0.39 is 0 Å². The third-order valence-electron chi connectivity index (χ3n) is 2.85. The molecule has 1 unspecified atom stereocenters. The molecular weight excluding hydrogens is 256 g/mol. The summed E-state index contributed by atoms with van der Waals surface area (Å²) < 4.78 is 15.6. The zero-order valence-corrected chi connectivity index (χ0v) is 12.1. The lowest BCUT2D eigenvalue weighted by molar-refractivity contribution is -0.143. The van der Waals surface area contributed by atoms with Gasteiger partial charge in [0.25, 0.3) is 0 Å². The van der Waals surface area contributed by atoms with E-state index in [9.17, 15) is 4.79 Å². The minimum Gasteiger partial charge on any atom is -0.493 e. The Kier molecular flexibility index (Phi) is 6.45. The summed E-state index contributed by atoms with van der Waals surface area (Å²) in [5.41, 5.74) is 0.989. The van der Waals surface area contributed by atoms with Crippen molar-refractivity contribution in [2.45, 2.75) is 26.2 Å². The number of carbonyl (C=O) groups excluding carboxylic acids is 1. The van der Waals surface area contributed by atoms with Gasteiger partial charge in [0, 0.05) is 0 Å². The zero-order chi connectivity index (χ0) is 15.0. The number of benzene rings is 1. The summed E-state index contributed by atoms with van der Waals surface area (Å²) in [6, 6.07) is 5.56. The van der Waals surface area contributed by atoms with Crippen molar-refractivity contribution in [2.24, 2.45) is 0 Å². The number of hydrogen-bond donors (Lipinski definition) is 0. The van der Waals surface area contributed by atoms with Crippen molar-refractivity contribution in [2.75, 3.05) is 20.3 Å². The van der Waals surface area contributed by atoms with E-state index in [1.165, 1.54) is 0 Å². The molecule has 0 aliphatic heterocycles. The van der Waals surface area contributed by atoms with Crippen LogP contribution in [0.15, 0.2) is 18.2 Å². The first-order valence-electron chi connectivity index (χ1n) is 6.52. The molecule has 0 bridgehead atoms. The molecule has 0 spiro atoms. The predicted octanol–water partition coefficient (Wildman–Crippen LogP) is 2.76. The third-order valence-corrected chi connectivity index (χ3v) is 2.85. The molecule has 0 aliphatic rings. The summed E-state index contributed by atoms with van der Waals surface area (Å²) in [4.78, 5) is 11.5. The minimum absolute atomic E-state index is 0.0460. The molecule has 4 nitrogen and oxygen atoms in total. The van der Waals surface area contributed by atoms with Gasteiger partial charge in [0.05, 0.1) is 20.1 Å². The average molecular weight is 276 g/mol. The highest BCUT2D eigenvalue weighted by molar-refractivity contribution is 5.70. The summed E-state index contributed by atoms with van der Waals surface area (Å²) in [5.74, 6) is 3.45. The van der Waals surface area contributed by atoms with Gasteiger partial charge in [-0.2, -0.15) is 0 Å². The highest BCUT2D eigenvalue weighted by atomic mass is 16.5. The lowest BCUT2D eigenvalue weighted by atomic mass is 9.97. The second kappa shape index (κ2) is 8.11. The molecule has 1 aromatic rings. The number of esters is 1. The van der Waals surface area contributed by atoms with Crippen LogP contribution >= 0.6 is 0 Å². The maximum Gasteiger partial charge on any atom is 0.306 e. The van der Waals surface area contributed by atoms with Crippen molar-refractivity contribution in [3.8, 4) is 23.8 Å². The van der Waals surface area contributed by atoms with E-state index in [0.717, 1.165) is 5.56 Å². The molecule has 1 aromatic carbocycles. The average Bonchev–Trinajstić information content (AvgIpc) is 2.45. The van der Waals surface area contributed by atoms with Crippen LogP contribution in [0, 0.1) is 12.3 Å². The van der Waals surface area contributed by atoms with Gasteiger partial charge in [-0.3, -0.25) is 4.79 Å². The molecule has 1 atom stereocenters. The zero-order valence-electron chi connectivity index (χ0n) is 12.1. The van der Waals surface area contributed by atoms with Crippen LogP contribution in [0.2, 0.25) is 0 Å². The molecule has 0 aliphatic carbocycles. The van der Waals surface area contributed by atoms with Gasteiger partial charge in [-0.05, 0) is 30.5 Å². The van der Waals surface area contributed by atoms with Gasteiger partial charge in [-0.1, -0.05) is 18.9 Å². The van der Waals surface area contributed by atoms with E-state index >= 15 is 0 Å². The summed E-state index contributed by atoms with van der Waals surface area (Å²) in [6.45, 7) is 4.35. The van der Waals surface area contributed by atoms with Crippen LogP contribution < -0.4 is 9.47 Å². The Hall–Kier alpha value is -2.15. The Bertz CT molecular complexity index is 488. The molecule has 108 valence electrons. The molecule has 0 fully saturated rings. The first-order chi connectivity index (χ1) is 9.62. The van der Waals surface area contributed by atoms with Gasteiger partial charge >= 0.3 is 5.97 Å². The lowest BCUT2D eigenvalue weighted by Gasteiger charge is -2.14. The highest BCUT2D eigenvalue weighted by Crippen LogP contribution is 2.31. The predicted molar refractivity (Wildman–Crippen MR) is 77.0 cm³/mol. The van der Waals surface area contributed by atoms with Crippen molar-refractivity contribution in [3.05, 3.63) is 23.8 Å². The maximum atomic E-state index is 11.5. The second-order valence-electron chi connectivity index (χ2n) is 4.31. The monoisotopic (exact) mass is 276 g/mol. The van der Waals surface area contributed by atoms with Crippen LogP contribution in [0.3, 0.4) is 0 Å². The Morgan fingerprint density at radius 3 is 2.75 bits per heavy atom. The Morgan fingerprint density at radius 2 is 2.15 bits per heavy atom. The molecule has 0 aromatic heterocycles. The van der Waals surface area contributed by atoms with E-state index in [1.807, 2.05) is 19.1 Å². The van der Waals surface area contributed by atoms with Crippen LogP contribution in [-0.4, -0.2) is 26.3 Å². The number of ether oxygens (including phenoxy) is 3. The van der Waals surface area contributed by atoms with Crippen LogP contribution in [0.1, 0.15) is 31.7 Å². The molecule has 0 saturated heterocycles. The van der Waals surface area contributed by atoms with E-state index in [4.69, 9.17) is 20.6 Å². The van der Waals surface area contributed by atoms with Gasteiger partial charge < -0.3 is 14.2 Å². The molecule has 1 rings (SSSR count). The van der Waals surface area contributed by atoms with Gasteiger partial charge in [-0.25, -0.2) is 0 Å². The molecule has 20 heavy (non-hydrogen) atoms. The minimum atomic E-state index is -0.202. The molecule has 0 radical (unpaired) electrons. The van der Waals surface area contributed by atoms with Crippen molar-refractivity contribution in [1.29, 1.82) is 0 Å².